The van der Waals surface area contributed by atoms with E-state index in [4.69, 9.17) is 0 Å². The van der Waals surface area contributed by atoms with E-state index in [0.29, 0.717) is 23.5 Å². The van der Waals surface area contributed by atoms with E-state index in [1.165, 1.54) is 37.4 Å². The summed E-state index contributed by atoms with van der Waals surface area (Å²) in [5.41, 5.74) is 4.20. The van der Waals surface area contributed by atoms with Crippen molar-refractivity contribution >= 4 is 28.9 Å². The molecule has 0 unspecified atom stereocenters. The highest BCUT2D eigenvalue weighted by molar-refractivity contribution is 6.03. The zero-order valence-electron chi connectivity index (χ0n) is 21.0. The molecule has 1 saturated carbocycles. The number of urea groups is 1. The van der Waals surface area contributed by atoms with Gasteiger partial charge in [-0.3, -0.25) is 4.90 Å². The van der Waals surface area contributed by atoms with Crippen LogP contribution in [-0.4, -0.2) is 40.0 Å². The fraction of sp³-hybridized carbons (Fsp3) is 0.519. The molecule has 8 heteroatoms. The first-order chi connectivity index (χ1) is 16.9. The number of amides is 2. The summed E-state index contributed by atoms with van der Waals surface area (Å²) in [7, 11) is 0. The molecule has 3 aromatic rings. The van der Waals surface area contributed by atoms with E-state index >= 15 is 0 Å². The predicted octanol–water partition coefficient (Wildman–Crippen LogP) is 5.82. The van der Waals surface area contributed by atoms with Crippen molar-refractivity contribution in [3.05, 3.63) is 47.8 Å². The van der Waals surface area contributed by atoms with Crippen LogP contribution in [0.4, 0.5) is 26.4 Å². The van der Waals surface area contributed by atoms with Gasteiger partial charge < -0.3 is 14.6 Å². The third-order valence-corrected chi connectivity index (χ3v) is 7.31. The number of hydrogen-bond donors (Lipinski definition) is 1. The van der Waals surface area contributed by atoms with E-state index < -0.39 is 5.82 Å². The number of anilines is 3. The van der Waals surface area contributed by atoms with Gasteiger partial charge in [-0.1, -0.05) is 33.6 Å². The van der Waals surface area contributed by atoms with Crippen LogP contribution in [0.25, 0.3) is 5.65 Å². The van der Waals surface area contributed by atoms with Crippen LogP contribution in [0.5, 0.6) is 0 Å². The van der Waals surface area contributed by atoms with Crippen molar-refractivity contribution in [3.63, 3.8) is 0 Å². The Hall–Kier alpha value is -3.16. The van der Waals surface area contributed by atoms with Crippen molar-refractivity contribution in [1.82, 2.24) is 14.4 Å². The average Bonchev–Trinajstić information content (AvgIpc) is 3.23. The Kier molecular flexibility index (Phi) is 6.38. The van der Waals surface area contributed by atoms with Gasteiger partial charge in [0.25, 0.3) is 0 Å². The molecule has 7 nitrogen and oxygen atoms in total. The maximum absolute atomic E-state index is 14.6. The van der Waals surface area contributed by atoms with Crippen molar-refractivity contribution in [2.75, 3.05) is 34.8 Å². The Morgan fingerprint density at radius 1 is 1.26 bits per heavy atom. The van der Waals surface area contributed by atoms with Gasteiger partial charge in [-0.05, 0) is 43.6 Å². The van der Waals surface area contributed by atoms with E-state index in [-0.39, 0.29) is 11.7 Å². The number of aromatic nitrogens is 3. The first-order valence-corrected chi connectivity index (χ1v) is 12.9. The first kappa shape index (κ1) is 23.6. The van der Waals surface area contributed by atoms with Crippen LogP contribution in [0.2, 0.25) is 0 Å². The molecule has 1 aliphatic heterocycles. The molecule has 5 rings (SSSR count). The second-order valence-corrected chi connectivity index (χ2v) is 10.3. The molecule has 0 radical (unpaired) electrons. The minimum absolute atomic E-state index is 0.269. The van der Waals surface area contributed by atoms with Crippen LogP contribution < -0.4 is 15.1 Å². The van der Waals surface area contributed by atoms with E-state index in [1.807, 2.05) is 13.1 Å². The fourth-order valence-corrected chi connectivity index (χ4v) is 4.97. The summed E-state index contributed by atoms with van der Waals surface area (Å²) in [5.74, 6) is 0.250. The maximum Gasteiger partial charge on any atom is 0.327 e. The molecule has 2 amide bonds. The van der Waals surface area contributed by atoms with Crippen molar-refractivity contribution in [2.24, 2.45) is 5.41 Å². The molecule has 0 aromatic carbocycles. The lowest BCUT2D eigenvalue weighted by molar-refractivity contribution is 0.257. The molecule has 0 bridgehead atoms. The monoisotopic (exact) mass is 478 g/mol. The lowest BCUT2D eigenvalue weighted by Crippen LogP contribution is -2.34. The molecule has 1 aliphatic carbocycles. The lowest BCUT2D eigenvalue weighted by Gasteiger charge is -2.30. The number of carbonyl (C=O) groups excluding carboxylic acids is 1. The van der Waals surface area contributed by atoms with Gasteiger partial charge in [-0.15, -0.1) is 0 Å². The Balaban J connectivity index is 1.37. The van der Waals surface area contributed by atoms with Crippen LogP contribution >= 0.6 is 0 Å². The van der Waals surface area contributed by atoms with E-state index in [9.17, 15) is 9.18 Å². The molecular weight excluding hydrogens is 443 g/mol. The average molecular weight is 479 g/mol. The summed E-state index contributed by atoms with van der Waals surface area (Å²) < 4.78 is 16.2. The number of fused-ring (bicyclic) bond motifs is 2. The molecule has 2 aliphatic rings. The standard InChI is InChI=1S/C27H35FN6O/c1-4-6-7-13-32(18-27(3)10-11-27)23-8-12-29-24-21(23)9-14-34(24)26(35)31-20-15-22(28)25-30-19(5-2)16-33(25)17-20/h8,12,15-17H,4-7,9-11,13-14,18H2,1-3H3,(H,31,35). The summed E-state index contributed by atoms with van der Waals surface area (Å²) in [6.45, 7) is 9.19. The molecular formula is C27H35FN6O. The van der Waals surface area contributed by atoms with Gasteiger partial charge in [-0.25, -0.2) is 19.2 Å². The molecule has 0 saturated heterocycles. The van der Waals surface area contributed by atoms with Crippen LogP contribution in [0.1, 0.15) is 64.1 Å². The second-order valence-electron chi connectivity index (χ2n) is 10.3. The van der Waals surface area contributed by atoms with E-state index in [1.54, 1.807) is 21.7 Å². The highest BCUT2D eigenvalue weighted by atomic mass is 19.1. The number of unbranched alkanes of at least 4 members (excludes halogenated alkanes) is 2. The number of imidazole rings is 1. The molecule has 35 heavy (non-hydrogen) atoms. The zero-order valence-corrected chi connectivity index (χ0v) is 21.0. The van der Waals surface area contributed by atoms with Gasteiger partial charge >= 0.3 is 6.03 Å². The minimum atomic E-state index is -0.457. The largest absolute Gasteiger partial charge is 0.371 e. The zero-order chi connectivity index (χ0) is 24.6. The third-order valence-electron chi connectivity index (χ3n) is 7.31. The molecule has 1 N–H and O–H groups in total. The molecule has 3 aromatic heterocycles. The lowest BCUT2D eigenvalue weighted by atomic mass is 10.1. The van der Waals surface area contributed by atoms with Crippen LogP contribution in [0, 0.1) is 11.2 Å². The summed E-state index contributed by atoms with van der Waals surface area (Å²) >= 11 is 0. The smallest absolute Gasteiger partial charge is 0.327 e. The molecule has 0 atom stereocenters. The number of hydrogen-bond acceptors (Lipinski definition) is 4. The van der Waals surface area contributed by atoms with E-state index in [0.717, 1.165) is 43.6 Å². The van der Waals surface area contributed by atoms with Crippen molar-refractivity contribution in [3.8, 4) is 0 Å². The van der Waals surface area contributed by atoms with Gasteiger partial charge in [0.2, 0.25) is 0 Å². The number of pyridine rings is 2. The van der Waals surface area contributed by atoms with Crippen LogP contribution in [0.15, 0.2) is 30.7 Å². The van der Waals surface area contributed by atoms with Gasteiger partial charge in [0, 0.05) is 55.5 Å². The maximum atomic E-state index is 14.6. The summed E-state index contributed by atoms with van der Waals surface area (Å²) in [6, 6.07) is 3.13. The fourth-order valence-electron chi connectivity index (χ4n) is 4.97. The number of aryl methyl sites for hydroxylation is 1. The number of carbonyl (C=O) groups is 1. The Morgan fingerprint density at radius 3 is 2.83 bits per heavy atom. The first-order valence-electron chi connectivity index (χ1n) is 12.9. The predicted molar refractivity (Wildman–Crippen MR) is 138 cm³/mol. The number of rotatable bonds is 9. The van der Waals surface area contributed by atoms with Crippen molar-refractivity contribution in [1.29, 1.82) is 0 Å². The summed E-state index contributed by atoms with van der Waals surface area (Å²) in [5, 5.41) is 2.87. The highest BCUT2D eigenvalue weighted by Gasteiger charge is 2.40. The molecule has 186 valence electrons. The summed E-state index contributed by atoms with van der Waals surface area (Å²) in [4.78, 5) is 26.3. The quantitative estimate of drug-likeness (QED) is 0.394. The van der Waals surface area contributed by atoms with Gasteiger partial charge in [0.05, 0.1) is 11.4 Å². The normalized spacial score (nSPS) is 15.9. The number of halogens is 1. The third kappa shape index (κ3) is 4.83. The minimum Gasteiger partial charge on any atom is -0.371 e. The van der Waals surface area contributed by atoms with Crippen molar-refractivity contribution < 1.29 is 9.18 Å². The number of nitrogens with zero attached hydrogens (tertiary/aromatic N) is 5. The van der Waals surface area contributed by atoms with Crippen molar-refractivity contribution in [2.45, 2.75) is 65.7 Å². The Labute approximate surface area is 206 Å². The SMILES string of the molecule is CCCCCN(CC1(C)CC1)c1ccnc2c1CCN2C(=O)Nc1cc(F)c2nc(CC)cn2c1. The van der Waals surface area contributed by atoms with Gasteiger partial charge in [-0.2, -0.15) is 0 Å². The van der Waals surface area contributed by atoms with Crippen LogP contribution in [0.3, 0.4) is 0 Å². The summed E-state index contributed by atoms with van der Waals surface area (Å²) in [6.07, 6.45) is 12.9. The number of nitrogens with one attached hydrogen (secondary N) is 1. The van der Waals surface area contributed by atoms with Gasteiger partial charge in [0.15, 0.2) is 11.5 Å². The van der Waals surface area contributed by atoms with Crippen LogP contribution in [-0.2, 0) is 12.8 Å². The Morgan fingerprint density at radius 2 is 2.09 bits per heavy atom. The molecule has 4 heterocycles. The van der Waals surface area contributed by atoms with Gasteiger partial charge in [0.1, 0.15) is 5.82 Å². The molecule has 1 fully saturated rings. The second kappa shape index (κ2) is 9.47. The highest BCUT2D eigenvalue weighted by Crippen LogP contribution is 2.47. The van der Waals surface area contributed by atoms with E-state index in [2.05, 4.69) is 40.1 Å². The Bertz CT molecular complexity index is 1230. The topological polar surface area (TPSA) is 65.8 Å². The molecule has 0 spiro atoms.